The largest absolute Gasteiger partial charge is 0.372 e. The minimum Gasteiger partial charge on any atom is -0.372 e. The van der Waals surface area contributed by atoms with Crippen molar-refractivity contribution in [2.24, 2.45) is 0 Å². The lowest BCUT2D eigenvalue weighted by molar-refractivity contribution is -0.124. The van der Waals surface area contributed by atoms with Crippen LogP contribution in [-0.2, 0) is 9.59 Å². The van der Waals surface area contributed by atoms with Crippen molar-refractivity contribution in [3.8, 4) is 6.07 Å². The molecule has 2 rings (SSSR count). The molecular weight excluding hydrogens is 225 g/mol. The van der Waals surface area contributed by atoms with E-state index in [1.54, 1.807) is 6.07 Å². The lowest BCUT2D eigenvalue weighted by Crippen LogP contribution is -2.30. The van der Waals surface area contributed by atoms with Crippen LogP contribution in [0.1, 0.15) is 12.0 Å². The second kappa shape index (κ2) is 4.22. The number of nitriles is 1. The highest BCUT2D eigenvalue weighted by atomic mass is 19.1. The van der Waals surface area contributed by atoms with E-state index in [-0.39, 0.29) is 23.6 Å². The van der Waals surface area contributed by atoms with Gasteiger partial charge in [0.15, 0.2) is 0 Å². The van der Waals surface area contributed by atoms with Crippen molar-refractivity contribution in [1.29, 1.82) is 5.26 Å². The smallest absolute Gasteiger partial charge is 0.249 e. The van der Waals surface area contributed by atoms with Gasteiger partial charge >= 0.3 is 0 Å². The number of nitrogens with zero attached hydrogens (tertiary/aromatic N) is 1. The third-order valence-corrected chi connectivity index (χ3v) is 2.42. The maximum absolute atomic E-state index is 13.3. The predicted octanol–water partition coefficient (Wildman–Crippen LogP) is 0.524. The molecule has 1 saturated heterocycles. The van der Waals surface area contributed by atoms with Crippen LogP contribution in [0.3, 0.4) is 0 Å². The van der Waals surface area contributed by atoms with Gasteiger partial charge in [-0.1, -0.05) is 6.07 Å². The summed E-state index contributed by atoms with van der Waals surface area (Å²) in [4.78, 5) is 22.3. The molecule has 5 nitrogen and oxygen atoms in total. The Morgan fingerprint density at radius 2 is 2.24 bits per heavy atom. The van der Waals surface area contributed by atoms with Crippen molar-refractivity contribution >= 4 is 17.5 Å². The first-order valence-electron chi connectivity index (χ1n) is 4.90. The number of hydrogen-bond donors (Lipinski definition) is 2. The summed E-state index contributed by atoms with van der Waals surface area (Å²) in [5, 5.41) is 13.6. The molecule has 6 heteroatoms. The molecule has 1 aliphatic rings. The van der Waals surface area contributed by atoms with Gasteiger partial charge in [-0.05, 0) is 12.1 Å². The minimum absolute atomic E-state index is 0.0137. The zero-order chi connectivity index (χ0) is 12.4. The van der Waals surface area contributed by atoms with E-state index >= 15 is 0 Å². The van der Waals surface area contributed by atoms with E-state index in [9.17, 15) is 14.0 Å². The summed E-state index contributed by atoms with van der Waals surface area (Å²) < 4.78 is 13.3. The van der Waals surface area contributed by atoms with E-state index in [1.807, 2.05) is 0 Å². The van der Waals surface area contributed by atoms with Crippen LogP contribution in [0.2, 0.25) is 0 Å². The molecule has 1 aromatic rings. The number of anilines is 1. The van der Waals surface area contributed by atoms with Gasteiger partial charge in [-0.3, -0.25) is 14.9 Å². The van der Waals surface area contributed by atoms with Gasteiger partial charge in [-0.25, -0.2) is 4.39 Å². The quantitative estimate of drug-likeness (QED) is 0.730. The van der Waals surface area contributed by atoms with E-state index in [4.69, 9.17) is 5.26 Å². The first kappa shape index (κ1) is 11.1. The normalized spacial score (nSPS) is 18.7. The van der Waals surface area contributed by atoms with E-state index in [0.29, 0.717) is 0 Å². The summed E-state index contributed by atoms with van der Waals surface area (Å²) in [6.07, 6.45) is -0.0137. The Labute approximate surface area is 96.2 Å². The van der Waals surface area contributed by atoms with Crippen LogP contribution in [-0.4, -0.2) is 17.9 Å². The third-order valence-electron chi connectivity index (χ3n) is 2.42. The van der Waals surface area contributed by atoms with Crippen LogP contribution in [0, 0.1) is 17.1 Å². The summed E-state index contributed by atoms with van der Waals surface area (Å²) in [5.41, 5.74) is 0.0435. The lowest BCUT2D eigenvalue weighted by Gasteiger charge is -2.12. The van der Waals surface area contributed by atoms with Crippen molar-refractivity contribution in [2.45, 2.75) is 12.5 Å². The molecule has 2 amide bonds. The van der Waals surface area contributed by atoms with Gasteiger partial charge < -0.3 is 5.32 Å². The minimum atomic E-state index is -0.753. The molecule has 0 bridgehead atoms. The third kappa shape index (κ3) is 2.08. The fourth-order valence-corrected chi connectivity index (χ4v) is 1.62. The van der Waals surface area contributed by atoms with Crippen LogP contribution < -0.4 is 10.6 Å². The molecule has 0 radical (unpaired) electrons. The number of benzene rings is 1. The number of carbonyl (C=O) groups is 2. The maximum atomic E-state index is 13.3. The molecule has 2 N–H and O–H groups in total. The molecular formula is C11H8FN3O2. The molecule has 86 valence electrons. The number of imide groups is 1. The van der Waals surface area contributed by atoms with Crippen LogP contribution in [0.25, 0.3) is 0 Å². The summed E-state index contributed by atoms with van der Waals surface area (Å²) in [6, 6.07) is 5.02. The first-order chi connectivity index (χ1) is 8.11. The Kier molecular flexibility index (Phi) is 2.75. The molecule has 17 heavy (non-hydrogen) atoms. The van der Waals surface area contributed by atoms with Gasteiger partial charge in [-0.2, -0.15) is 5.26 Å². The molecule has 1 fully saturated rings. The molecule has 0 spiro atoms. The molecule has 1 heterocycles. The van der Waals surface area contributed by atoms with Gasteiger partial charge in [0.1, 0.15) is 23.5 Å². The van der Waals surface area contributed by atoms with Crippen LogP contribution in [0.4, 0.5) is 10.1 Å². The Bertz CT molecular complexity index is 536. The molecule has 0 aliphatic carbocycles. The summed E-state index contributed by atoms with van der Waals surface area (Å²) >= 11 is 0. The zero-order valence-corrected chi connectivity index (χ0v) is 8.66. The van der Waals surface area contributed by atoms with E-state index in [0.717, 1.165) is 6.07 Å². The lowest BCUT2D eigenvalue weighted by atomic mass is 10.1. The number of amides is 2. The molecule has 1 unspecified atom stereocenters. The van der Waals surface area contributed by atoms with Crippen LogP contribution >= 0.6 is 0 Å². The van der Waals surface area contributed by atoms with Crippen molar-refractivity contribution in [3.63, 3.8) is 0 Å². The number of carbonyl (C=O) groups excluding carboxylic acids is 2. The second-order valence-electron chi connectivity index (χ2n) is 3.59. The number of halogens is 1. The maximum Gasteiger partial charge on any atom is 0.249 e. The Balaban J connectivity index is 2.25. The fraction of sp³-hybridized carbons (Fsp3) is 0.182. The zero-order valence-electron chi connectivity index (χ0n) is 8.66. The van der Waals surface area contributed by atoms with Gasteiger partial charge in [0.2, 0.25) is 11.8 Å². The second-order valence-corrected chi connectivity index (χ2v) is 3.59. The molecule has 0 aromatic heterocycles. The molecule has 1 aromatic carbocycles. The number of rotatable bonds is 2. The highest BCUT2D eigenvalue weighted by molar-refractivity contribution is 6.06. The van der Waals surface area contributed by atoms with Crippen molar-refractivity contribution < 1.29 is 14.0 Å². The molecule has 1 atom stereocenters. The SMILES string of the molecule is N#Cc1c(F)cccc1NC1CC(=O)NC1=O. The van der Waals surface area contributed by atoms with Crippen LogP contribution in [0.5, 0.6) is 0 Å². The Morgan fingerprint density at radius 1 is 1.47 bits per heavy atom. The van der Waals surface area contributed by atoms with E-state index in [1.165, 1.54) is 12.1 Å². The average molecular weight is 233 g/mol. The average Bonchev–Trinajstić information content (AvgIpc) is 2.58. The molecule has 1 aliphatic heterocycles. The van der Waals surface area contributed by atoms with E-state index < -0.39 is 17.8 Å². The highest BCUT2D eigenvalue weighted by Crippen LogP contribution is 2.20. The Hall–Kier alpha value is -2.42. The van der Waals surface area contributed by atoms with E-state index in [2.05, 4.69) is 10.6 Å². The van der Waals surface area contributed by atoms with Gasteiger partial charge in [0, 0.05) is 0 Å². The molecule has 0 saturated carbocycles. The summed E-state index contributed by atoms with van der Waals surface area (Å²) in [6.45, 7) is 0. The standard InChI is InChI=1S/C11H8FN3O2/c12-7-2-1-3-8(6(7)5-13)14-9-4-10(16)15-11(9)17/h1-3,9,14H,4H2,(H,15,16,17). The van der Waals surface area contributed by atoms with Crippen molar-refractivity contribution in [1.82, 2.24) is 5.32 Å². The number of hydrogen-bond acceptors (Lipinski definition) is 4. The van der Waals surface area contributed by atoms with Gasteiger partial charge in [0.25, 0.3) is 0 Å². The van der Waals surface area contributed by atoms with Crippen LogP contribution in [0.15, 0.2) is 18.2 Å². The van der Waals surface area contributed by atoms with Crippen molar-refractivity contribution in [2.75, 3.05) is 5.32 Å². The monoisotopic (exact) mass is 233 g/mol. The topological polar surface area (TPSA) is 82.0 Å². The predicted molar refractivity (Wildman–Crippen MR) is 56.3 cm³/mol. The summed E-state index contributed by atoms with van der Waals surface area (Å²) in [5.74, 6) is -1.52. The summed E-state index contributed by atoms with van der Waals surface area (Å²) in [7, 11) is 0. The fourth-order valence-electron chi connectivity index (χ4n) is 1.62. The van der Waals surface area contributed by atoms with Gasteiger partial charge in [-0.15, -0.1) is 0 Å². The highest BCUT2D eigenvalue weighted by Gasteiger charge is 2.30. The van der Waals surface area contributed by atoms with Gasteiger partial charge in [0.05, 0.1) is 12.1 Å². The number of nitrogens with one attached hydrogen (secondary N) is 2. The first-order valence-corrected chi connectivity index (χ1v) is 4.90. The Morgan fingerprint density at radius 3 is 2.82 bits per heavy atom. The van der Waals surface area contributed by atoms with Crippen molar-refractivity contribution in [3.05, 3.63) is 29.6 Å².